The van der Waals surface area contributed by atoms with E-state index in [0.29, 0.717) is 16.1 Å². The number of rotatable bonds is 5. The molecule has 0 saturated heterocycles. The second-order valence-corrected chi connectivity index (χ2v) is 7.99. The summed E-state index contributed by atoms with van der Waals surface area (Å²) in [5.74, 6) is -0.480. The Morgan fingerprint density at radius 1 is 0.760 bits per heavy atom. The molecule has 0 bridgehead atoms. The molecule has 126 valence electrons. The summed E-state index contributed by atoms with van der Waals surface area (Å²) in [7, 11) is -3.89. The molecule has 1 atom stereocenters. The van der Waals surface area contributed by atoms with Crippen molar-refractivity contribution in [3.05, 3.63) is 101 Å². The van der Waals surface area contributed by atoms with E-state index < -0.39 is 20.9 Å². The molecule has 0 N–H and O–H groups in total. The highest BCUT2D eigenvalue weighted by Gasteiger charge is 2.35. The van der Waals surface area contributed by atoms with Gasteiger partial charge in [0.1, 0.15) is 0 Å². The fourth-order valence-corrected chi connectivity index (χ4v) is 4.48. The number of carbonyl (C=O) groups excluding carboxylic acids is 1. The Kier molecular flexibility index (Phi) is 5.02. The molecule has 0 fully saturated rings. The van der Waals surface area contributed by atoms with E-state index in [-0.39, 0.29) is 4.90 Å². The number of halogens is 1. The average Bonchev–Trinajstić information content (AvgIpc) is 2.64. The van der Waals surface area contributed by atoms with Gasteiger partial charge in [0.15, 0.2) is 20.9 Å². The molecule has 0 aromatic heterocycles. The Morgan fingerprint density at radius 3 is 1.84 bits per heavy atom. The van der Waals surface area contributed by atoms with Crippen LogP contribution in [0.2, 0.25) is 5.02 Å². The minimum atomic E-state index is -3.89. The van der Waals surface area contributed by atoms with Crippen molar-refractivity contribution in [2.75, 3.05) is 0 Å². The van der Waals surface area contributed by atoms with Gasteiger partial charge < -0.3 is 0 Å². The summed E-state index contributed by atoms with van der Waals surface area (Å²) in [4.78, 5) is 13.2. The van der Waals surface area contributed by atoms with Gasteiger partial charge in [-0.3, -0.25) is 4.79 Å². The van der Waals surface area contributed by atoms with Gasteiger partial charge in [-0.25, -0.2) is 8.42 Å². The van der Waals surface area contributed by atoms with Crippen molar-refractivity contribution < 1.29 is 13.2 Å². The topological polar surface area (TPSA) is 51.2 Å². The molecule has 0 aliphatic heterocycles. The molecule has 3 aromatic carbocycles. The van der Waals surface area contributed by atoms with Crippen LogP contribution in [0.4, 0.5) is 0 Å². The first-order valence-electron chi connectivity index (χ1n) is 7.64. The van der Waals surface area contributed by atoms with E-state index >= 15 is 0 Å². The summed E-state index contributed by atoms with van der Waals surface area (Å²) in [5, 5.41) is -0.823. The SMILES string of the molecule is O=C(c1ccc(Cl)cc1)C(c1ccccc1)S(=O)(=O)c1ccccc1. The van der Waals surface area contributed by atoms with Crippen LogP contribution in [0.15, 0.2) is 89.8 Å². The summed E-state index contributed by atoms with van der Waals surface area (Å²) in [6.45, 7) is 0. The Bertz CT molecular complexity index is 966. The van der Waals surface area contributed by atoms with Crippen molar-refractivity contribution in [3.8, 4) is 0 Å². The molecule has 3 nitrogen and oxygen atoms in total. The first-order valence-corrected chi connectivity index (χ1v) is 9.56. The third kappa shape index (κ3) is 3.65. The maximum atomic E-state index is 13.2. The number of hydrogen-bond donors (Lipinski definition) is 0. The van der Waals surface area contributed by atoms with Crippen LogP contribution in [0.1, 0.15) is 21.2 Å². The second kappa shape index (κ2) is 7.21. The Morgan fingerprint density at radius 2 is 1.28 bits per heavy atom. The highest BCUT2D eigenvalue weighted by molar-refractivity contribution is 7.92. The van der Waals surface area contributed by atoms with Gasteiger partial charge in [-0.1, -0.05) is 60.1 Å². The van der Waals surface area contributed by atoms with Gasteiger partial charge in [0.05, 0.1) is 4.90 Å². The van der Waals surface area contributed by atoms with Crippen LogP contribution < -0.4 is 0 Å². The summed E-state index contributed by atoms with van der Waals surface area (Å²) >= 11 is 5.87. The lowest BCUT2D eigenvalue weighted by Gasteiger charge is -2.17. The molecule has 0 aliphatic carbocycles. The van der Waals surface area contributed by atoms with E-state index in [1.54, 1.807) is 72.8 Å². The van der Waals surface area contributed by atoms with Crippen molar-refractivity contribution in [2.45, 2.75) is 10.1 Å². The van der Waals surface area contributed by atoms with E-state index in [0.717, 1.165) is 0 Å². The largest absolute Gasteiger partial charge is 0.292 e. The van der Waals surface area contributed by atoms with E-state index in [2.05, 4.69) is 0 Å². The number of hydrogen-bond acceptors (Lipinski definition) is 3. The molecule has 3 rings (SSSR count). The van der Waals surface area contributed by atoms with Crippen molar-refractivity contribution in [2.24, 2.45) is 0 Å². The van der Waals surface area contributed by atoms with Crippen LogP contribution in [0, 0.1) is 0 Å². The van der Waals surface area contributed by atoms with Crippen LogP contribution in [0.25, 0.3) is 0 Å². The van der Waals surface area contributed by atoms with Crippen LogP contribution in [-0.2, 0) is 9.84 Å². The Labute approximate surface area is 151 Å². The summed E-state index contributed by atoms with van der Waals surface area (Å²) in [5.41, 5.74) is 0.740. The maximum absolute atomic E-state index is 13.2. The fourth-order valence-electron chi connectivity index (χ4n) is 2.61. The molecule has 0 radical (unpaired) electrons. The quantitative estimate of drug-likeness (QED) is 0.609. The molecule has 1 unspecified atom stereocenters. The third-order valence-electron chi connectivity index (χ3n) is 3.85. The van der Waals surface area contributed by atoms with E-state index in [9.17, 15) is 13.2 Å². The van der Waals surface area contributed by atoms with E-state index in [1.807, 2.05) is 0 Å². The van der Waals surface area contributed by atoms with Crippen LogP contribution in [0.5, 0.6) is 0 Å². The van der Waals surface area contributed by atoms with Crippen molar-refractivity contribution >= 4 is 27.2 Å². The summed E-state index contributed by atoms with van der Waals surface area (Å²) < 4.78 is 26.3. The van der Waals surface area contributed by atoms with Gasteiger partial charge in [-0.2, -0.15) is 0 Å². The number of Topliss-reactive ketones (excluding diaryl/α,β-unsaturated/α-hetero) is 1. The van der Waals surface area contributed by atoms with Crippen LogP contribution in [0.3, 0.4) is 0 Å². The number of benzene rings is 3. The normalized spacial score (nSPS) is 12.5. The molecule has 5 heteroatoms. The highest BCUT2D eigenvalue weighted by Crippen LogP contribution is 2.32. The molecule has 0 heterocycles. The van der Waals surface area contributed by atoms with Gasteiger partial charge in [0, 0.05) is 10.6 Å². The third-order valence-corrected chi connectivity index (χ3v) is 6.14. The molecule has 3 aromatic rings. The number of carbonyl (C=O) groups is 1. The van der Waals surface area contributed by atoms with Gasteiger partial charge in [-0.05, 0) is 42.0 Å². The predicted molar refractivity (Wildman–Crippen MR) is 98.6 cm³/mol. The zero-order valence-corrected chi connectivity index (χ0v) is 14.7. The lowest BCUT2D eigenvalue weighted by Crippen LogP contribution is -2.23. The zero-order chi connectivity index (χ0) is 17.9. The second-order valence-electron chi connectivity index (χ2n) is 5.52. The zero-order valence-electron chi connectivity index (χ0n) is 13.2. The fraction of sp³-hybridized carbons (Fsp3) is 0.0500. The first kappa shape index (κ1) is 17.4. The van der Waals surface area contributed by atoms with Crippen molar-refractivity contribution in [3.63, 3.8) is 0 Å². The van der Waals surface area contributed by atoms with E-state index in [1.165, 1.54) is 12.1 Å². The smallest absolute Gasteiger partial charge is 0.192 e. The Hall–Kier alpha value is -2.43. The molecule has 25 heavy (non-hydrogen) atoms. The minimum Gasteiger partial charge on any atom is -0.292 e. The number of sulfone groups is 1. The van der Waals surface area contributed by atoms with Gasteiger partial charge >= 0.3 is 0 Å². The molecule has 0 saturated carbocycles. The summed E-state index contributed by atoms with van der Waals surface area (Å²) in [6.07, 6.45) is 0. The van der Waals surface area contributed by atoms with Crippen molar-refractivity contribution in [1.82, 2.24) is 0 Å². The maximum Gasteiger partial charge on any atom is 0.192 e. The average molecular weight is 371 g/mol. The predicted octanol–water partition coefficient (Wildman–Crippen LogP) is 4.74. The summed E-state index contributed by atoms with van der Waals surface area (Å²) in [6, 6.07) is 22.8. The van der Waals surface area contributed by atoms with E-state index in [4.69, 9.17) is 11.6 Å². The molecular weight excluding hydrogens is 356 g/mol. The molecule has 0 spiro atoms. The highest BCUT2D eigenvalue weighted by atomic mass is 35.5. The molecular formula is C20H15ClO3S. The van der Waals surface area contributed by atoms with Gasteiger partial charge in [0.2, 0.25) is 0 Å². The Balaban J connectivity index is 2.14. The van der Waals surface area contributed by atoms with Gasteiger partial charge in [0.25, 0.3) is 0 Å². The lowest BCUT2D eigenvalue weighted by molar-refractivity contribution is 0.0986. The molecule has 0 amide bonds. The van der Waals surface area contributed by atoms with Crippen LogP contribution in [-0.4, -0.2) is 14.2 Å². The lowest BCUT2D eigenvalue weighted by atomic mass is 10.0. The first-order chi connectivity index (χ1) is 12.0. The van der Waals surface area contributed by atoms with Crippen LogP contribution >= 0.6 is 11.6 Å². The standard InChI is InChI=1S/C20H15ClO3S/c21-17-13-11-15(12-14-17)19(22)20(16-7-3-1-4-8-16)25(23,24)18-9-5-2-6-10-18/h1-14,20H. The monoisotopic (exact) mass is 370 g/mol. The number of ketones is 1. The molecule has 0 aliphatic rings. The minimum absolute atomic E-state index is 0.117. The van der Waals surface area contributed by atoms with Gasteiger partial charge in [-0.15, -0.1) is 0 Å². The van der Waals surface area contributed by atoms with Crippen molar-refractivity contribution in [1.29, 1.82) is 0 Å².